The number of halogens is 1. The van der Waals surface area contributed by atoms with Crippen LogP contribution in [0.3, 0.4) is 0 Å². The van der Waals surface area contributed by atoms with Gasteiger partial charge < -0.3 is 10.1 Å². The molecule has 0 heterocycles. The summed E-state index contributed by atoms with van der Waals surface area (Å²) < 4.78 is 5.66. The predicted molar refractivity (Wildman–Crippen MR) is 81.4 cm³/mol. The number of rotatable bonds is 5. The van der Waals surface area contributed by atoms with Crippen molar-refractivity contribution < 1.29 is 9.53 Å². The van der Waals surface area contributed by atoms with E-state index in [0.717, 1.165) is 5.69 Å². The van der Waals surface area contributed by atoms with Crippen LogP contribution in [0.15, 0.2) is 47.5 Å². The third-order valence-corrected chi connectivity index (χ3v) is 2.88. The van der Waals surface area contributed by atoms with Gasteiger partial charge >= 0.3 is 0 Å². The van der Waals surface area contributed by atoms with Crippen molar-refractivity contribution in [3.05, 3.63) is 53.1 Å². The lowest BCUT2D eigenvalue weighted by Crippen LogP contribution is -1.94. The summed E-state index contributed by atoms with van der Waals surface area (Å²) in [6.07, 6.45) is 2.32. The molecule has 0 bridgehead atoms. The minimum atomic E-state index is 0.370. The van der Waals surface area contributed by atoms with Crippen molar-refractivity contribution in [2.45, 2.75) is 0 Å². The molecular weight excluding hydrogens is 276 g/mol. The van der Waals surface area contributed by atoms with Crippen LogP contribution in [0.25, 0.3) is 0 Å². The third-order valence-electron chi connectivity index (χ3n) is 2.55. The van der Waals surface area contributed by atoms with Crippen molar-refractivity contribution in [1.29, 1.82) is 0 Å². The van der Waals surface area contributed by atoms with Crippen LogP contribution in [0.2, 0.25) is 5.02 Å². The van der Waals surface area contributed by atoms with Gasteiger partial charge in [0.05, 0.1) is 11.4 Å². The first-order valence-electron chi connectivity index (χ1n) is 5.93. The van der Waals surface area contributed by atoms with E-state index in [0.29, 0.717) is 28.4 Å². The first kappa shape index (κ1) is 14.1. The van der Waals surface area contributed by atoms with Crippen molar-refractivity contribution in [3.63, 3.8) is 0 Å². The van der Waals surface area contributed by atoms with Crippen LogP contribution in [0.5, 0.6) is 11.5 Å². The molecule has 0 saturated carbocycles. The third kappa shape index (κ3) is 3.59. The number of ether oxygens (including phenoxy) is 1. The number of hydrogen-bond acceptors (Lipinski definition) is 3. The number of carbonyl (C=O) groups is 1. The molecule has 0 atom stereocenters. The van der Waals surface area contributed by atoms with E-state index in [9.17, 15) is 4.79 Å². The maximum atomic E-state index is 10.7. The lowest BCUT2D eigenvalue weighted by atomic mass is 10.2. The van der Waals surface area contributed by atoms with Crippen LogP contribution in [0.1, 0.15) is 10.4 Å². The van der Waals surface area contributed by atoms with E-state index in [1.807, 2.05) is 24.3 Å². The van der Waals surface area contributed by atoms with Gasteiger partial charge in [-0.3, -0.25) is 9.79 Å². The topological polar surface area (TPSA) is 50.7 Å². The average Bonchev–Trinajstić information content (AvgIpc) is 2.47. The highest BCUT2D eigenvalue weighted by Gasteiger charge is 2.03. The molecule has 0 unspecified atom stereocenters. The summed E-state index contributed by atoms with van der Waals surface area (Å²) in [6.45, 7) is 0. The van der Waals surface area contributed by atoms with E-state index in [1.165, 1.54) is 0 Å². The van der Waals surface area contributed by atoms with Crippen LogP contribution >= 0.6 is 11.6 Å². The summed E-state index contributed by atoms with van der Waals surface area (Å²) in [5, 5.41) is 3.37. The second-order valence-corrected chi connectivity index (χ2v) is 4.37. The molecule has 2 aromatic carbocycles. The monoisotopic (exact) mass is 288 g/mol. The first-order valence-corrected chi connectivity index (χ1v) is 6.30. The van der Waals surface area contributed by atoms with Gasteiger partial charge in [-0.2, -0.15) is 0 Å². The molecule has 0 spiro atoms. The Morgan fingerprint density at radius 1 is 1.15 bits per heavy atom. The van der Waals surface area contributed by atoms with Crippen molar-refractivity contribution in [2.75, 3.05) is 12.4 Å². The molecule has 0 saturated heterocycles. The number of nitrogens with one attached hydrogen (secondary N) is 1. The van der Waals surface area contributed by atoms with Gasteiger partial charge in [0.1, 0.15) is 11.5 Å². The minimum Gasteiger partial charge on any atom is -0.457 e. The maximum Gasteiger partial charge on any atom is 0.151 e. The molecule has 5 heteroatoms. The van der Waals surface area contributed by atoms with E-state index in [2.05, 4.69) is 10.3 Å². The Balaban J connectivity index is 2.09. The molecule has 1 N–H and O–H groups in total. The molecule has 2 rings (SSSR count). The van der Waals surface area contributed by atoms with Gasteiger partial charge in [-0.05, 0) is 36.4 Å². The van der Waals surface area contributed by atoms with Crippen molar-refractivity contribution in [1.82, 2.24) is 0 Å². The molecule has 0 aliphatic carbocycles. The molecule has 0 fully saturated rings. The number of aldehydes is 1. The summed E-state index contributed by atoms with van der Waals surface area (Å²) in [5.41, 5.74) is 1.36. The lowest BCUT2D eigenvalue weighted by molar-refractivity contribution is 0.112. The van der Waals surface area contributed by atoms with Crippen molar-refractivity contribution >= 4 is 29.9 Å². The summed E-state index contributed by atoms with van der Waals surface area (Å²) in [7, 11) is 1.69. The zero-order valence-electron chi connectivity index (χ0n) is 10.8. The highest BCUT2D eigenvalue weighted by atomic mass is 35.5. The van der Waals surface area contributed by atoms with E-state index >= 15 is 0 Å². The SMILES string of the molecule is CN=CNc1ccc(Oc2ccc(C=O)c(Cl)c2)cc1. The molecule has 2 aromatic rings. The van der Waals surface area contributed by atoms with Crippen LogP contribution in [-0.2, 0) is 0 Å². The summed E-state index contributed by atoms with van der Waals surface area (Å²) >= 11 is 5.94. The van der Waals surface area contributed by atoms with Gasteiger partial charge in [-0.15, -0.1) is 0 Å². The Bertz CT molecular complexity index is 624. The van der Waals surface area contributed by atoms with E-state index in [1.54, 1.807) is 31.6 Å². The molecule has 102 valence electrons. The van der Waals surface area contributed by atoms with E-state index in [4.69, 9.17) is 16.3 Å². The van der Waals surface area contributed by atoms with Gasteiger partial charge in [0.2, 0.25) is 0 Å². The lowest BCUT2D eigenvalue weighted by Gasteiger charge is -2.07. The molecule has 20 heavy (non-hydrogen) atoms. The van der Waals surface area contributed by atoms with Gasteiger partial charge in [-0.1, -0.05) is 11.6 Å². The number of carbonyl (C=O) groups excluding carboxylic acids is 1. The van der Waals surface area contributed by atoms with Crippen molar-refractivity contribution in [3.8, 4) is 11.5 Å². The number of benzene rings is 2. The largest absolute Gasteiger partial charge is 0.457 e. The van der Waals surface area contributed by atoms with Crippen molar-refractivity contribution in [2.24, 2.45) is 4.99 Å². The zero-order valence-corrected chi connectivity index (χ0v) is 11.6. The standard InChI is InChI=1S/C15H13ClN2O2/c1-17-10-18-12-3-6-13(7-4-12)20-14-5-2-11(9-19)15(16)8-14/h2-10H,1H3,(H,17,18). The molecule has 0 aliphatic heterocycles. The fraction of sp³-hybridized carbons (Fsp3) is 0.0667. The van der Waals surface area contributed by atoms with Gasteiger partial charge in [0.25, 0.3) is 0 Å². The fourth-order valence-electron chi connectivity index (χ4n) is 1.56. The molecule has 0 radical (unpaired) electrons. The predicted octanol–water partition coefficient (Wildman–Crippen LogP) is 4.01. The van der Waals surface area contributed by atoms with Crippen LogP contribution in [-0.4, -0.2) is 19.7 Å². The van der Waals surface area contributed by atoms with E-state index in [-0.39, 0.29) is 0 Å². The van der Waals surface area contributed by atoms with Crippen LogP contribution in [0, 0.1) is 0 Å². The first-order chi connectivity index (χ1) is 9.72. The Hall–Kier alpha value is -2.33. The summed E-state index contributed by atoms with van der Waals surface area (Å²) in [6, 6.07) is 12.3. The average molecular weight is 289 g/mol. The van der Waals surface area contributed by atoms with E-state index < -0.39 is 0 Å². The smallest absolute Gasteiger partial charge is 0.151 e. The molecule has 0 aromatic heterocycles. The number of nitrogens with zero attached hydrogens (tertiary/aromatic N) is 1. The van der Waals surface area contributed by atoms with Crippen LogP contribution < -0.4 is 10.1 Å². The Labute approximate surface area is 122 Å². The summed E-state index contributed by atoms with van der Waals surface area (Å²) in [4.78, 5) is 14.5. The molecular formula is C15H13ClN2O2. The Morgan fingerprint density at radius 3 is 2.45 bits per heavy atom. The quantitative estimate of drug-likeness (QED) is 0.514. The van der Waals surface area contributed by atoms with Gasteiger partial charge in [0, 0.05) is 24.4 Å². The van der Waals surface area contributed by atoms with Gasteiger partial charge in [-0.25, -0.2) is 0 Å². The fourth-order valence-corrected chi connectivity index (χ4v) is 1.78. The second-order valence-electron chi connectivity index (χ2n) is 3.96. The molecule has 0 aliphatic rings. The number of anilines is 1. The van der Waals surface area contributed by atoms with Gasteiger partial charge in [0.15, 0.2) is 6.29 Å². The molecule has 0 amide bonds. The van der Waals surface area contributed by atoms with Crippen LogP contribution in [0.4, 0.5) is 5.69 Å². The number of aliphatic imine (C=N–C) groups is 1. The summed E-state index contributed by atoms with van der Waals surface area (Å²) in [5.74, 6) is 1.26. The number of hydrogen-bond donors (Lipinski definition) is 1. The normalized spacial score (nSPS) is 10.5. The second kappa shape index (κ2) is 6.73. The maximum absolute atomic E-state index is 10.7. The zero-order chi connectivity index (χ0) is 14.4. The highest BCUT2D eigenvalue weighted by molar-refractivity contribution is 6.33. The Morgan fingerprint density at radius 2 is 1.85 bits per heavy atom. The Kier molecular flexibility index (Phi) is 4.74. The minimum absolute atomic E-state index is 0.370. The highest BCUT2D eigenvalue weighted by Crippen LogP contribution is 2.26. The molecule has 4 nitrogen and oxygen atoms in total.